The van der Waals surface area contributed by atoms with Crippen molar-refractivity contribution in [3.05, 3.63) is 17.9 Å². The van der Waals surface area contributed by atoms with Gasteiger partial charge in [-0.2, -0.15) is 0 Å². The van der Waals surface area contributed by atoms with E-state index in [-0.39, 0.29) is 18.2 Å². The summed E-state index contributed by atoms with van der Waals surface area (Å²) in [6.45, 7) is 0.270. The molecule has 1 heterocycles. The van der Waals surface area contributed by atoms with Crippen LogP contribution in [0.3, 0.4) is 0 Å². The van der Waals surface area contributed by atoms with Crippen molar-refractivity contribution in [2.75, 3.05) is 12.4 Å². The summed E-state index contributed by atoms with van der Waals surface area (Å²) in [7, 11) is -3.91. The monoisotopic (exact) mass is 252 g/mol. The summed E-state index contributed by atoms with van der Waals surface area (Å²) in [4.78, 5) is 11.2. The second-order valence-corrected chi connectivity index (χ2v) is 4.48. The van der Waals surface area contributed by atoms with Crippen molar-refractivity contribution in [1.29, 1.82) is 0 Å². The summed E-state index contributed by atoms with van der Waals surface area (Å²) in [6.07, 6.45) is 0. The zero-order valence-corrected chi connectivity index (χ0v) is 9.14. The number of hydrogen-bond acceptors (Lipinski definition) is 4. The Kier molecular flexibility index (Phi) is 3.72. The minimum Gasteiger partial charge on any atom is -0.438 e. The fourth-order valence-electron chi connectivity index (χ4n) is 0.843. The number of sulfonamides is 1. The third kappa shape index (κ3) is 3.22. The van der Waals surface area contributed by atoms with Crippen molar-refractivity contribution in [2.24, 2.45) is 5.14 Å². The molecule has 0 saturated carbocycles. The predicted octanol–water partition coefficient (Wildman–Crippen LogP) is -0.104. The molecule has 0 aromatic carbocycles. The summed E-state index contributed by atoms with van der Waals surface area (Å²) >= 11 is 5.35. The molecule has 1 aromatic rings. The van der Waals surface area contributed by atoms with Gasteiger partial charge in [0.05, 0.1) is 0 Å². The number of alkyl halides is 1. The van der Waals surface area contributed by atoms with Crippen molar-refractivity contribution in [1.82, 2.24) is 5.32 Å². The van der Waals surface area contributed by atoms with Crippen LogP contribution in [0.2, 0.25) is 0 Å². The molecule has 0 bridgehead atoms. The Morgan fingerprint density at radius 2 is 2.20 bits per heavy atom. The number of carbonyl (C=O) groups is 1. The van der Waals surface area contributed by atoms with E-state index in [0.717, 1.165) is 6.07 Å². The maximum absolute atomic E-state index is 11.2. The molecule has 0 aliphatic rings. The first-order valence-electron chi connectivity index (χ1n) is 3.92. The fraction of sp³-hybridized carbons (Fsp3) is 0.286. The highest BCUT2D eigenvalue weighted by Gasteiger charge is 2.16. The van der Waals surface area contributed by atoms with E-state index < -0.39 is 21.0 Å². The molecule has 0 radical (unpaired) electrons. The quantitative estimate of drug-likeness (QED) is 0.730. The SMILES string of the molecule is NS(=O)(=O)c1ccc(C(=O)NCCCl)o1. The lowest BCUT2D eigenvalue weighted by atomic mass is 10.4. The Labute approximate surface area is 91.4 Å². The van der Waals surface area contributed by atoms with Crippen LogP contribution in [0.4, 0.5) is 0 Å². The fourth-order valence-corrected chi connectivity index (χ4v) is 1.40. The number of amides is 1. The van der Waals surface area contributed by atoms with Crippen LogP contribution in [0.1, 0.15) is 10.6 Å². The number of primary sulfonamides is 1. The van der Waals surface area contributed by atoms with Gasteiger partial charge in [-0.1, -0.05) is 0 Å². The van der Waals surface area contributed by atoms with Gasteiger partial charge in [-0.15, -0.1) is 11.6 Å². The first kappa shape index (κ1) is 12.0. The third-order valence-corrected chi connectivity index (χ3v) is 2.43. The number of rotatable bonds is 4. The van der Waals surface area contributed by atoms with Crippen LogP contribution >= 0.6 is 11.6 Å². The summed E-state index contributed by atoms with van der Waals surface area (Å²) in [5.41, 5.74) is 0. The number of halogens is 1. The first-order chi connectivity index (χ1) is 6.95. The summed E-state index contributed by atoms with van der Waals surface area (Å²) < 4.78 is 26.4. The molecule has 0 aliphatic carbocycles. The van der Waals surface area contributed by atoms with Gasteiger partial charge in [-0.3, -0.25) is 4.79 Å². The van der Waals surface area contributed by atoms with Crippen molar-refractivity contribution in [3.8, 4) is 0 Å². The molecule has 84 valence electrons. The first-order valence-corrected chi connectivity index (χ1v) is 6.00. The summed E-state index contributed by atoms with van der Waals surface area (Å²) in [6, 6.07) is 2.34. The number of carbonyl (C=O) groups excluding carboxylic acids is 1. The normalized spacial score (nSPS) is 11.3. The summed E-state index contributed by atoms with van der Waals surface area (Å²) in [5.74, 6) is -0.399. The molecule has 6 nitrogen and oxygen atoms in total. The van der Waals surface area contributed by atoms with Gasteiger partial charge < -0.3 is 9.73 Å². The van der Waals surface area contributed by atoms with Crippen LogP contribution in [-0.4, -0.2) is 26.7 Å². The molecule has 1 amide bonds. The van der Waals surface area contributed by atoms with Gasteiger partial charge in [0.25, 0.3) is 15.9 Å². The van der Waals surface area contributed by atoms with Crippen molar-refractivity contribution in [2.45, 2.75) is 5.09 Å². The van der Waals surface area contributed by atoms with Crippen LogP contribution in [0.15, 0.2) is 21.6 Å². The van der Waals surface area contributed by atoms with Gasteiger partial charge in [0.1, 0.15) is 0 Å². The molecule has 1 aromatic heterocycles. The Morgan fingerprint density at radius 3 is 2.67 bits per heavy atom. The van der Waals surface area contributed by atoms with Gasteiger partial charge in [-0.05, 0) is 12.1 Å². The molecular weight excluding hydrogens is 244 g/mol. The van der Waals surface area contributed by atoms with E-state index in [9.17, 15) is 13.2 Å². The predicted molar refractivity (Wildman–Crippen MR) is 53.1 cm³/mol. The smallest absolute Gasteiger partial charge is 0.287 e. The zero-order chi connectivity index (χ0) is 11.5. The number of furan rings is 1. The standard InChI is InChI=1S/C7H9ClN2O4S/c8-3-4-10-7(11)5-1-2-6(14-5)15(9,12)13/h1-2H,3-4H2,(H,10,11)(H2,9,12,13). The zero-order valence-electron chi connectivity index (χ0n) is 7.57. The molecule has 3 N–H and O–H groups in total. The largest absolute Gasteiger partial charge is 0.438 e. The van der Waals surface area contributed by atoms with Crippen LogP contribution in [-0.2, 0) is 10.0 Å². The Hall–Kier alpha value is -1.05. The van der Waals surface area contributed by atoms with E-state index in [1.165, 1.54) is 6.07 Å². The Balaban J connectivity index is 2.81. The maximum Gasteiger partial charge on any atom is 0.287 e. The van der Waals surface area contributed by atoms with Crippen LogP contribution < -0.4 is 10.5 Å². The van der Waals surface area contributed by atoms with Gasteiger partial charge in [0, 0.05) is 12.4 Å². The highest BCUT2D eigenvalue weighted by atomic mass is 35.5. The highest BCUT2D eigenvalue weighted by molar-refractivity contribution is 7.89. The molecule has 1 rings (SSSR count). The van der Waals surface area contributed by atoms with Gasteiger partial charge in [0.2, 0.25) is 5.09 Å². The van der Waals surface area contributed by atoms with E-state index in [1.54, 1.807) is 0 Å². The van der Waals surface area contributed by atoms with Crippen LogP contribution in [0.5, 0.6) is 0 Å². The molecule has 0 spiro atoms. The molecule has 8 heteroatoms. The molecule has 15 heavy (non-hydrogen) atoms. The number of nitrogens with one attached hydrogen (secondary N) is 1. The molecule has 0 atom stereocenters. The lowest BCUT2D eigenvalue weighted by Gasteiger charge is -1.98. The van der Waals surface area contributed by atoms with E-state index >= 15 is 0 Å². The van der Waals surface area contributed by atoms with E-state index in [4.69, 9.17) is 21.2 Å². The Bertz CT molecular complexity index is 453. The van der Waals surface area contributed by atoms with Crippen molar-refractivity contribution < 1.29 is 17.6 Å². The Morgan fingerprint density at radius 1 is 1.53 bits per heavy atom. The third-order valence-electron chi connectivity index (χ3n) is 1.47. The molecule has 0 saturated heterocycles. The minimum atomic E-state index is -3.91. The van der Waals surface area contributed by atoms with Crippen molar-refractivity contribution in [3.63, 3.8) is 0 Å². The highest BCUT2D eigenvalue weighted by Crippen LogP contribution is 2.11. The van der Waals surface area contributed by atoms with Crippen LogP contribution in [0.25, 0.3) is 0 Å². The van der Waals surface area contributed by atoms with Crippen molar-refractivity contribution >= 4 is 27.5 Å². The van der Waals surface area contributed by atoms with Gasteiger partial charge in [0.15, 0.2) is 5.76 Å². The molecular formula is C7H9ClN2O4S. The topological polar surface area (TPSA) is 102 Å². The van der Waals surface area contributed by atoms with E-state index in [2.05, 4.69) is 5.32 Å². The lowest BCUT2D eigenvalue weighted by Crippen LogP contribution is -2.24. The average Bonchev–Trinajstić information content (AvgIpc) is 2.62. The maximum atomic E-state index is 11.2. The summed E-state index contributed by atoms with van der Waals surface area (Å²) in [5, 5.41) is 6.76. The van der Waals surface area contributed by atoms with Gasteiger partial charge in [-0.25, -0.2) is 13.6 Å². The average molecular weight is 253 g/mol. The van der Waals surface area contributed by atoms with E-state index in [1.807, 2.05) is 0 Å². The van der Waals surface area contributed by atoms with E-state index in [0.29, 0.717) is 0 Å². The number of hydrogen-bond donors (Lipinski definition) is 2. The molecule has 0 aliphatic heterocycles. The number of nitrogens with two attached hydrogens (primary N) is 1. The minimum absolute atomic E-state index is 0.121. The van der Waals surface area contributed by atoms with Gasteiger partial charge >= 0.3 is 0 Å². The van der Waals surface area contributed by atoms with Crippen LogP contribution in [0, 0.1) is 0 Å². The molecule has 0 fully saturated rings. The second kappa shape index (κ2) is 4.65. The molecule has 0 unspecified atom stereocenters. The second-order valence-electron chi connectivity index (χ2n) is 2.61. The lowest BCUT2D eigenvalue weighted by molar-refractivity contribution is 0.0923.